The molecule has 1 amide bonds. The second-order valence-electron chi connectivity index (χ2n) is 7.06. The number of carbonyl (C=O) groups excluding carboxylic acids is 1. The summed E-state index contributed by atoms with van der Waals surface area (Å²) < 4.78 is 32.6. The van der Waals surface area contributed by atoms with Crippen molar-refractivity contribution < 1.29 is 17.9 Å². The highest BCUT2D eigenvalue weighted by Crippen LogP contribution is 2.30. The van der Waals surface area contributed by atoms with Crippen molar-refractivity contribution in [1.82, 2.24) is 4.31 Å². The fourth-order valence-electron chi connectivity index (χ4n) is 3.32. The number of nitrogens with zero attached hydrogens (tertiary/aromatic N) is 1. The molecule has 6 nitrogen and oxygen atoms in total. The van der Waals surface area contributed by atoms with Gasteiger partial charge in [-0.25, -0.2) is 8.42 Å². The zero-order valence-electron chi connectivity index (χ0n) is 16.7. The molecule has 29 heavy (non-hydrogen) atoms. The Labute approximate surface area is 172 Å². The van der Waals surface area contributed by atoms with Gasteiger partial charge in [-0.05, 0) is 49.6 Å². The molecule has 1 aliphatic heterocycles. The fraction of sp³-hybridized carbons (Fsp3) is 0.318. The largest absolute Gasteiger partial charge is 0.495 e. The molecule has 0 unspecified atom stereocenters. The molecule has 1 saturated heterocycles. The topological polar surface area (TPSA) is 75.7 Å². The van der Waals surface area contributed by atoms with Crippen molar-refractivity contribution in [3.05, 3.63) is 59.7 Å². The van der Waals surface area contributed by atoms with Crippen molar-refractivity contribution in [3.63, 3.8) is 0 Å². The number of rotatable bonds is 6. The molecule has 0 aliphatic carbocycles. The van der Waals surface area contributed by atoms with Crippen molar-refractivity contribution in [2.45, 2.75) is 31.1 Å². The molecule has 3 rings (SSSR count). The Bertz CT molecular complexity index is 1010. The number of carbonyl (C=O) groups is 1. The molecule has 2 aromatic rings. The summed E-state index contributed by atoms with van der Waals surface area (Å²) in [7, 11) is -2.12. The Balaban J connectivity index is 1.81. The highest BCUT2D eigenvalue weighted by Gasteiger charge is 2.26. The summed E-state index contributed by atoms with van der Waals surface area (Å²) in [6.07, 6.45) is 5.90. The van der Waals surface area contributed by atoms with E-state index in [4.69, 9.17) is 4.74 Å². The minimum absolute atomic E-state index is 0.151. The maximum absolute atomic E-state index is 12.9. The maximum Gasteiger partial charge on any atom is 0.248 e. The molecule has 1 fully saturated rings. The van der Waals surface area contributed by atoms with Crippen molar-refractivity contribution in [3.8, 4) is 5.75 Å². The third-order valence-electron chi connectivity index (χ3n) is 4.85. The molecule has 2 aromatic carbocycles. The van der Waals surface area contributed by atoms with Gasteiger partial charge in [0.15, 0.2) is 0 Å². The third kappa shape index (κ3) is 5.25. The minimum Gasteiger partial charge on any atom is -0.495 e. The predicted octanol–water partition coefficient (Wildman–Crippen LogP) is 3.83. The Morgan fingerprint density at radius 1 is 1.10 bits per heavy atom. The number of hydrogen-bond acceptors (Lipinski definition) is 4. The van der Waals surface area contributed by atoms with Crippen LogP contribution in [0.2, 0.25) is 0 Å². The second-order valence-corrected chi connectivity index (χ2v) is 9.00. The van der Waals surface area contributed by atoms with Gasteiger partial charge in [0.25, 0.3) is 0 Å². The molecule has 0 radical (unpaired) electrons. The summed E-state index contributed by atoms with van der Waals surface area (Å²) in [5, 5.41) is 2.73. The number of methoxy groups -OCH3 is 1. The maximum atomic E-state index is 12.9. The molecule has 0 saturated carbocycles. The number of amides is 1. The molecule has 154 valence electrons. The number of ether oxygens (including phenoxy) is 1. The quantitative estimate of drug-likeness (QED) is 0.729. The number of piperidine rings is 1. The van der Waals surface area contributed by atoms with Gasteiger partial charge in [0.1, 0.15) is 5.75 Å². The van der Waals surface area contributed by atoms with Crippen LogP contribution in [-0.4, -0.2) is 38.8 Å². The molecule has 0 bridgehead atoms. The third-order valence-corrected chi connectivity index (χ3v) is 6.75. The van der Waals surface area contributed by atoms with E-state index in [-0.39, 0.29) is 10.8 Å². The Morgan fingerprint density at radius 3 is 2.55 bits per heavy atom. The van der Waals surface area contributed by atoms with Gasteiger partial charge in [-0.1, -0.05) is 36.2 Å². The highest BCUT2D eigenvalue weighted by atomic mass is 32.2. The molecule has 1 N–H and O–H groups in total. The standard InChI is InChI=1S/C22H26N2O4S/c1-17-7-6-8-18(15-17)9-12-22(25)23-20-16-19(10-11-21(20)28-2)29(26,27)24-13-4-3-5-14-24/h6-12,15-16H,3-5,13-14H2,1-2H3,(H,23,25)/b12-9+. The molecular formula is C22H26N2O4S. The van der Waals surface area contributed by atoms with E-state index in [1.807, 2.05) is 31.2 Å². The Hall–Kier alpha value is -2.64. The number of anilines is 1. The van der Waals surface area contributed by atoms with Gasteiger partial charge in [-0.15, -0.1) is 0 Å². The fourth-order valence-corrected chi connectivity index (χ4v) is 4.86. The lowest BCUT2D eigenvalue weighted by molar-refractivity contribution is -0.111. The lowest BCUT2D eigenvalue weighted by Crippen LogP contribution is -2.35. The van der Waals surface area contributed by atoms with Crippen molar-refractivity contribution >= 4 is 27.7 Å². The van der Waals surface area contributed by atoms with E-state index < -0.39 is 10.0 Å². The Morgan fingerprint density at radius 2 is 1.86 bits per heavy atom. The molecule has 7 heteroatoms. The summed E-state index contributed by atoms with van der Waals surface area (Å²) in [5.41, 5.74) is 2.34. The zero-order valence-corrected chi connectivity index (χ0v) is 17.5. The summed E-state index contributed by atoms with van der Waals surface area (Å²) in [6, 6.07) is 12.3. The summed E-state index contributed by atoms with van der Waals surface area (Å²) >= 11 is 0. The van der Waals surface area contributed by atoms with Crippen molar-refractivity contribution in [2.24, 2.45) is 0 Å². The lowest BCUT2D eigenvalue weighted by atomic mass is 10.1. The van der Waals surface area contributed by atoms with Gasteiger partial charge in [0.2, 0.25) is 15.9 Å². The van der Waals surface area contributed by atoms with E-state index in [1.54, 1.807) is 12.1 Å². The van der Waals surface area contributed by atoms with Crippen LogP contribution in [0.3, 0.4) is 0 Å². The van der Waals surface area contributed by atoms with Crippen LogP contribution in [-0.2, 0) is 14.8 Å². The van der Waals surface area contributed by atoms with Crippen molar-refractivity contribution in [2.75, 3.05) is 25.5 Å². The van der Waals surface area contributed by atoms with E-state index in [0.29, 0.717) is 24.5 Å². The summed E-state index contributed by atoms with van der Waals surface area (Å²) in [4.78, 5) is 12.5. The number of nitrogens with one attached hydrogen (secondary N) is 1. The molecule has 0 atom stereocenters. The van der Waals surface area contributed by atoms with Crippen LogP contribution in [0.1, 0.15) is 30.4 Å². The zero-order chi connectivity index (χ0) is 20.9. The average molecular weight is 415 g/mol. The first-order valence-electron chi connectivity index (χ1n) is 9.64. The van der Waals surface area contributed by atoms with Crippen LogP contribution >= 0.6 is 0 Å². The SMILES string of the molecule is COc1ccc(S(=O)(=O)N2CCCCC2)cc1NC(=O)/C=C/c1cccc(C)c1. The number of benzene rings is 2. The Kier molecular flexibility index (Phi) is 6.71. The van der Waals surface area contributed by atoms with Gasteiger partial charge in [-0.2, -0.15) is 4.31 Å². The molecule has 1 aliphatic rings. The van der Waals surface area contributed by atoms with Crippen molar-refractivity contribution in [1.29, 1.82) is 0 Å². The van der Waals surface area contributed by atoms with Crippen LogP contribution < -0.4 is 10.1 Å². The van der Waals surface area contributed by atoms with E-state index in [2.05, 4.69) is 5.32 Å². The molecule has 0 spiro atoms. The van der Waals surface area contributed by atoms with Gasteiger partial charge in [-0.3, -0.25) is 4.79 Å². The van der Waals surface area contributed by atoms with Crippen LogP contribution in [0.4, 0.5) is 5.69 Å². The van der Waals surface area contributed by atoms with E-state index >= 15 is 0 Å². The monoisotopic (exact) mass is 414 g/mol. The molecule has 1 heterocycles. The smallest absolute Gasteiger partial charge is 0.248 e. The summed E-state index contributed by atoms with van der Waals surface area (Å²) in [6.45, 7) is 3.03. The van der Waals surface area contributed by atoms with Gasteiger partial charge >= 0.3 is 0 Å². The predicted molar refractivity (Wildman–Crippen MR) is 114 cm³/mol. The first kappa shape index (κ1) is 21.1. The minimum atomic E-state index is -3.60. The average Bonchev–Trinajstić information content (AvgIpc) is 2.73. The molecular weight excluding hydrogens is 388 g/mol. The van der Waals surface area contributed by atoms with Gasteiger partial charge in [0.05, 0.1) is 17.7 Å². The van der Waals surface area contributed by atoms with E-state index in [0.717, 1.165) is 30.4 Å². The van der Waals surface area contributed by atoms with Crippen LogP contribution in [0.15, 0.2) is 53.4 Å². The van der Waals surface area contributed by atoms with E-state index in [9.17, 15) is 13.2 Å². The number of sulfonamides is 1. The first-order chi connectivity index (χ1) is 13.9. The first-order valence-corrected chi connectivity index (χ1v) is 11.1. The lowest BCUT2D eigenvalue weighted by Gasteiger charge is -2.26. The van der Waals surface area contributed by atoms with Gasteiger partial charge in [0, 0.05) is 19.2 Å². The normalized spacial score (nSPS) is 15.4. The number of hydrogen-bond donors (Lipinski definition) is 1. The summed E-state index contributed by atoms with van der Waals surface area (Å²) in [5.74, 6) is 0.0391. The van der Waals surface area contributed by atoms with E-state index in [1.165, 1.54) is 29.6 Å². The van der Waals surface area contributed by atoms with Gasteiger partial charge < -0.3 is 10.1 Å². The van der Waals surface area contributed by atoms with Crippen LogP contribution in [0.25, 0.3) is 6.08 Å². The van der Waals surface area contributed by atoms with Crippen LogP contribution in [0, 0.1) is 6.92 Å². The highest BCUT2D eigenvalue weighted by molar-refractivity contribution is 7.89. The van der Waals surface area contributed by atoms with Crippen LogP contribution in [0.5, 0.6) is 5.75 Å². The molecule has 0 aromatic heterocycles. The second kappa shape index (κ2) is 9.24. The number of aryl methyl sites for hydroxylation is 1.